The Kier molecular flexibility index (Phi) is 5.99. The molecule has 1 aromatic rings. The van der Waals surface area contributed by atoms with Crippen molar-refractivity contribution in [3.8, 4) is 0 Å². The summed E-state index contributed by atoms with van der Waals surface area (Å²) in [7, 11) is 0. The summed E-state index contributed by atoms with van der Waals surface area (Å²) < 4.78 is 52.2. The summed E-state index contributed by atoms with van der Waals surface area (Å²) in [5.41, 5.74) is 5.80. The Morgan fingerprint density at radius 2 is 1.84 bits per heavy atom. The fraction of sp³-hybridized carbons (Fsp3) is 0.500. The molecular formula is C16H19F4N3O2. The Hall–Kier alpha value is -2.16. The van der Waals surface area contributed by atoms with E-state index >= 15 is 0 Å². The van der Waals surface area contributed by atoms with E-state index in [9.17, 15) is 27.2 Å². The lowest BCUT2D eigenvalue weighted by Gasteiger charge is -2.39. The summed E-state index contributed by atoms with van der Waals surface area (Å²) in [5, 5.41) is 2.50. The number of benzene rings is 1. The SMILES string of the molecule is NC(=O)[C@H]1CC[C@@H](C(F)(F)F)N(CC(=O)NCc2ccc(F)cc2)C1. The summed E-state index contributed by atoms with van der Waals surface area (Å²) in [5.74, 6) is -2.40. The molecule has 0 unspecified atom stereocenters. The van der Waals surface area contributed by atoms with Crippen molar-refractivity contribution in [3.05, 3.63) is 35.6 Å². The van der Waals surface area contributed by atoms with Gasteiger partial charge in [0.1, 0.15) is 11.9 Å². The van der Waals surface area contributed by atoms with Crippen LogP contribution in [0.25, 0.3) is 0 Å². The van der Waals surface area contributed by atoms with Crippen molar-refractivity contribution in [3.63, 3.8) is 0 Å². The molecule has 0 radical (unpaired) electrons. The number of hydrogen-bond acceptors (Lipinski definition) is 3. The molecule has 0 aliphatic carbocycles. The van der Waals surface area contributed by atoms with E-state index in [0.29, 0.717) is 5.56 Å². The number of amides is 2. The first-order valence-electron chi connectivity index (χ1n) is 7.78. The fourth-order valence-corrected chi connectivity index (χ4v) is 2.86. The number of carbonyl (C=O) groups is 2. The Bertz CT molecular complexity index is 619. The highest BCUT2D eigenvalue weighted by Gasteiger charge is 2.47. The van der Waals surface area contributed by atoms with Gasteiger partial charge in [-0.3, -0.25) is 14.5 Å². The van der Waals surface area contributed by atoms with Crippen molar-refractivity contribution in [2.45, 2.75) is 31.6 Å². The molecule has 1 aliphatic heterocycles. The predicted octanol–water partition coefficient (Wildman–Crippen LogP) is 1.57. The van der Waals surface area contributed by atoms with Crippen LogP contribution < -0.4 is 11.1 Å². The molecule has 0 aromatic heterocycles. The Morgan fingerprint density at radius 1 is 1.20 bits per heavy atom. The number of primary amides is 1. The number of likely N-dealkylation sites (tertiary alicyclic amines) is 1. The molecule has 1 aliphatic rings. The molecule has 25 heavy (non-hydrogen) atoms. The molecule has 2 amide bonds. The second kappa shape index (κ2) is 7.81. The van der Waals surface area contributed by atoms with E-state index in [2.05, 4.69) is 5.32 Å². The second-order valence-corrected chi connectivity index (χ2v) is 6.07. The predicted molar refractivity (Wildman–Crippen MR) is 81.6 cm³/mol. The van der Waals surface area contributed by atoms with Gasteiger partial charge in [-0.15, -0.1) is 0 Å². The highest BCUT2D eigenvalue weighted by molar-refractivity contribution is 5.79. The molecule has 1 saturated heterocycles. The molecule has 1 aromatic carbocycles. The van der Waals surface area contributed by atoms with Gasteiger partial charge in [0.15, 0.2) is 0 Å². The van der Waals surface area contributed by atoms with Crippen LogP contribution in [-0.4, -0.2) is 42.0 Å². The molecule has 1 fully saturated rings. The number of alkyl halides is 3. The van der Waals surface area contributed by atoms with Gasteiger partial charge >= 0.3 is 6.18 Å². The van der Waals surface area contributed by atoms with Crippen molar-refractivity contribution in [1.82, 2.24) is 10.2 Å². The lowest BCUT2D eigenvalue weighted by Crippen LogP contribution is -2.55. The van der Waals surface area contributed by atoms with Gasteiger partial charge in [0.05, 0.1) is 12.5 Å². The largest absolute Gasteiger partial charge is 0.404 e. The number of carbonyl (C=O) groups excluding carboxylic acids is 2. The summed E-state index contributed by atoms with van der Waals surface area (Å²) in [6, 6.07) is 3.61. The van der Waals surface area contributed by atoms with Gasteiger partial charge in [-0.05, 0) is 30.5 Å². The highest BCUT2D eigenvalue weighted by Crippen LogP contribution is 2.33. The van der Waals surface area contributed by atoms with Crippen LogP contribution in [0.2, 0.25) is 0 Å². The average molecular weight is 361 g/mol. The van der Waals surface area contributed by atoms with Crippen molar-refractivity contribution in [1.29, 1.82) is 0 Å². The minimum atomic E-state index is -4.49. The Balaban J connectivity index is 1.96. The molecule has 0 bridgehead atoms. The zero-order valence-corrected chi connectivity index (χ0v) is 13.4. The van der Waals surface area contributed by atoms with Crippen molar-refractivity contribution >= 4 is 11.8 Å². The lowest BCUT2D eigenvalue weighted by atomic mass is 9.92. The summed E-state index contributed by atoms with van der Waals surface area (Å²) in [6.07, 6.45) is -4.71. The maximum atomic E-state index is 13.1. The molecule has 3 N–H and O–H groups in total. The standard InChI is InChI=1S/C16H19F4N3O2/c17-12-4-1-10(2-5-12)7-22-14(24)9-23-8-11(15(21)25)3-6-13(23)16(18,19)20/h1-2,4-5,11,13H,3,6-9H2,(H2,21,25)(H,22,24)/t11-,13-/m0/s1. The summed E-state index contributed by atoms with van der Waals surface area (Å²) in [6.45, 7) is -0.623. The number of piperidine rings is 1. The maximum Gasteiger partial charge on any atom is 0.404 e. The van der Waals surface area contributed by atoms with Crippen molar-refractivity contribution in [2.24, 2.45) is 11.7 Å². The number of rotatable bonds is 5. The first-order chi connectivity index (χ1) is 11.7. The van der Waals surface area contributed by atoms with Crippen molar-refractivity contribution < 1.29 is 27.2 Å². The lowest BCUT2D eigenvalue weighted by molar-refractivity contribution is -0.195. The molecule has 0 saturated carbocycles. The normalized spacial score (nSPS) is 21.8. The molecular weight excluding hydrogens is 342 g/mol. The highest BCUT2D eigenvalue weighted by atomic mass is 19.4. The topological polar surface area (TPSA) is 75.4 Å². The van der Waals surface area contributed by atoms with Crippen LogP contribution >= 0.6 is 0 Å². The fourth-order valence-electron chi connectivity index (χ4n) is 2.86. The molecule has 0 spiro atoms. The van der Waals surface area contributed by atoms with Crippen LogP contribution in [0.3, 0.4) is 0 Å². The minimum Gasteiger partial charge on any atom is -0.369 e. The number of nitrogens with two attached hydrogens (primary N) is 1. The smallest absolute Gasteiger partial charge is 0.369 e. The van der Waals surface area contributed by atoms with Gasteiger partial charge in [-0.2, -0.15) is 13.2 Å². The molecule has 2 atom stereocenters. The zero-order valence-electron chi connectivity index (χ0n) is 13.4. The van der Waals surface area contributed by atoms with Crippen molar-refractivity contribution in [2.75, 3.05) is 13.1 Å². The Labute approximate surface area is 142 Å². The van der Waals surface area contributed by atoms with Gasteiger partial charge < -0.3 is 11.1 Å². The van der Waals surface area contributed by atoms with Gasteiger partial charge in [0.25, 0.3) is 0 Å². The number of halogens is 4. The summed E-state index contributed by atoms with van der Waals surface area (Å²) in [4.78, 5) is 24.2. The van der Waals surface area contributed by atoms with Crippen LogP contribution in [0.5, 0.6) is 0 Å². The zero-order chi connectivity index (χ0) is 18.6. The molecule has 5 nitrogen and oxygen atoms in total. The van der Waals surface area contributed by atoms with Crippen LogP contribution in [0, 0.1) is 11.7 Å². The van der Waals surface area contributed by atoms with Gasteiger partial charge in [0.2, 0.25) is 11.8 Å². The quantitative estimate of drug-likeness (QED) is 0.782. The van der Waals surface area contributed by atoms with E-state index in [4.69, 9.17) is 5.73 Å². The van der Waals surface area contributed by atoms with E-state index in [1.807, 2.05) is 0 Å². The maximum absolute atomic E-state index is 13.1. The average Bonchev–Trinajstić information content (AvgIpc) is 2.53. The first kappa shape index (κ1) is 19.2. The van der Waals surface area contributed by atoms with Crippen LogP contribution in [0.15, 0.2) is 24.3 Å². The van der Waals surface area contributed by atoms with Gasteiger partial charge in [-0.25, -0.2) is 4.39 Å². The minimum absolute atomic E-state index is 0.0488. The number of hydrogen-bond donors (Lipinski definition) is 2. The molecule has 138 valence electrons. The van der Waals surface area contributed by atoms with E-state index in [1.54, 1.807) is 0 Å². The monoisotopic (exact) mass is 361 g/mol. The third-order valence-corrected chi connectivity index (χ3v) is 4.21. The van der Waals surface area contributed by atoms with E-state index in [-0.39, 0.29) is 25.9 Å². The van der Waals surface area contributed by atoms with Gasteiger partial charge in [-0.1, -0.05) is 12.1 Å². The second-order valence-electron chi connectivity index (χ2n) is 6.07. The van der Waals surface area contributed by atoms with E-state index < -0.39 is 42.3 Å². The number of nitrogens with zero attached hydrogens (tertiary/aromatic N) is 1. The van der Waals surface area contributed by atoms with E-state index in [0.717, 1.165) is 4.90 Å². The Morgan fingerprint density at radius 3 is 2.40 bits per heavy atom. The van der Waals surface area contributed by atoms with Gasteiger partial charge in [0, 0.05) is 13.1 Å². The molecule has 9 heteroatoms. The summed E-state index contributed by atoms with van der Waals surface area (Å²) >= 11 is 0. The van der Waals surface area contributed by atoms with Crippen LogP contribution in [0.4, 0.5) is 17.6 Å². The van der Waals surface area contributed by atoms with Crippen LogP contribution in [0.1, 0.15) is 18.4 Å². The van der Waals surface area contributed by atoms with E-state index in [1.165, 1.54) is 24.3 Å². The molecule has 1 heterocycles. The first-order valence-corrected chi connectivity index (χ1v) is 7.78. The third kappa shape index (κ3) is 5.42. The number of nitrogens with one attached hydrogen (secondary N) is 1. The molecule has 2 rings (SSSR count). The van der Waals surface area contributed by atoms with Crippen LogP contribution in [-0.2, 0) is 16.1 Å². The third-order valence-electron chi connectivity index (χ3n) is 4.21.